The Labute approximate surface area is 252 Å². The molecule has 43 heavy (non-hydrogen) atoms. The zero-order chi connectivity index (χ0) is 29.9. The molecule has 0 amide bonds. The summed E-state index contributed by atoms with van der Waals surface area (Å²) in [5.74, 6) is 1.12. The van der Waals surface area contributed by atoms with Gasteiger partial charge in [-0.1, -0.05) is 30.3 Å². The van der Waals surface area contributed by atoms with Crippen LogP contribution < -0.4 is 25.8 Å². The zero-order valence-corrected chi connectivity index (χ0v) is 25.4. The first-order chi connectivity index (χ1) is 21.0. The Bertz CT molecular complexity index is 1530. The van der Waals surface area contributed by atoms with Gasteiger partial charge in [0.2, 0.25) is 5.88 Å². The number of aryl methyl sites for hydroxylation is 1. The van der Waals surface area contributed by atoms with Crippen molar-refractivity contribution in [2.45, 2.75) is 97.0 Å². The molecule has 2 atom stereocenters. The van der Waals surface area contributed by atoms with Crippen molar-refractivity contribution in [3.8, 4) is 5.88 Å². The first-order valence-electron chi connectivity index (χ1n) is 15.6. The lowest BCUT2D eigenvalue weighted by molar-refractivity contribution is -0.163. The Balaban J connectivity index is 1.35. The molecule has 2 fully saturated rings. The number of aromatic nitrogens is 4. The van der Waals surface area contributed by atoms with Crippen LogP contribution in [-0.4, -0.2) is 51.8 Å². The number of fused-ring (bicyclic) bond motifs is 1. The molecule has 3 aromatic rings. The van der Waals surface area contributed by atoms with Crippen molar-refractivity contribution in [2.24, 2.45) is 0 Å². The minimum atomic E-state index is -0.437. The average molecular weight is 591 g/mol. The van der Waals surface area contributed by atoms with Crippen LogP contribution in [-0.2, 0) is 29.1 Å². The Morgan fingerprint density at radius 3 is 2.53 bits per heavy atom. The fourth-order valence-corrected chi connectivity index (χ4v) is 6.21. The van der Waals surface area contributed by atoms with Crippen molar-refractivity contribution < 1.29 is 14.2 Å². The SMILES string of the molecule is CCn1c2c(c(=O)n(CCCOC3CCCCO3)c1=O)N(Cc1ccccc1)C(c1ncc(OC3CCC3)nc1C)N2C. The van der Waals surface area contributed by atoms with E-state index in [1.54, 1.807) is 10.8 Å². The maximum absolute atomic E-state index is 14.2. The summed E-state index contributed by atoms with van der Waals surface area (Å²) in [6.07, 6.45) is 8.03. The van der Waals surface area contributed by atoms with Crippen LogP contribution >= 0.6 is 0 Å². The highest BCUT2D eigenvalue weighted by molar-refractivity contribution is 5.74. The highest BCUT2D eigenvalue weighted by Gasteiger charge is 2.42. The topological polar surface area (TPSA) is 104 Å². The third kappa shape index (κ3) is 5.92. The molecule has 11 nitrogen and oxygen atoms in total. The second-order valence-electron chi connectivity index (χ2n) is 11.6. The molecule has 2 aliphatic heterocycles. The number of nitrogens with zero attached hydrogens (tertiary/aromatic N) is 6. The molecule has 3 aliphatic rings. The highest BCUT2D eigenvalue weighted by Crippen LogP contribution is 2.44. The lowest BCUT2D eigenvalue weighted by Crippen LogP contribution is -2.42. The summed E-state index contributed by atoms with van der Waals surface area (Å²) in [4.78, 5) is 41.6. The van der Waals surface area contributed by atoms with E-state index in [1.165, 1.54) is 11.0 Å². The lowest BCUT2D eigenvalue weighted by Gasteiger charge is -2.31. The molecular formula is C32H42N6O5. The summed E-state index contributed by atoms with van der Waals surface area (Å²) in [5.41, 5.74) is 2.36. The van der Waals surface area contributed by atoms with Crippen LogP contribution in [0.2, 0.25) is 0 Å². The molecule has 1 aromatic carbocycles. The van der Waals surface area contributed by atoms with Crippen LogP contribution in [0.3, 0.4) is 0 Å². The molecule has 2 aromatic heterocycles. The van der Waals surface area contributed by atoms with Gasteiger partial charge in [-0.2, -0.15) is 0 Å². The van der Waals surface area contributed by atoms with Crippen LogP contribution in [0.25, 0.3) is 0 Å². The summed E-state index contributed by atoms with van der Waals surface area (Å²) < 4.78 is 20.6. The minimum absolute atomic E-state index is 0.200. The van der Waals surface area contributed by atoms with E-state index in [-0.39, 0.29) is 30.2 Å². The van der Waals surface area contributed by atoms with Crippen molar-refractivity contribution in [3.05, 3.63) is 74.3 Å². The molecule has 1 saturated heterocycles. The van der Waals surface area contributed by atoms with Crippen LogP contribution in [0, 0.1) is 6.92 Å². The van der Waals surface area contributed by atoms with Crippen LogP contribution in [0.4, 0.5) is 11.5 Å². The van der Waals surface area contributed by atoms with Gasteiger partial charge in [0.05, 0.1) is 18.5 Å². The lowest BCUT2D eigenvalue weighted by atomic mass is 9.96. The summed E-state index contributed by atoms with van der Waals surface area (Å²) in [7, 11) is 1.92. The molecule has 6 rings (SSSR count). The van der Waals surface area contributed by atoms with Crippen molar-refractivity contribution in [2.75, 3.05) is 30.1 Å². The molecule has 0 bridgehead atoms. The van der Waals surface area contributed by atoms with Crippen LogP contribution in [0.15, 0.2) is 46.1 Å². The number of rotatable bonds is 11. The maximum Gasteiger partial charge on any atom is 0.332 e. The molecule has 1 saturated carbocycles. The van der Waals surface area contributed by atoms with Gasteiger partial charge in [0.25, 0.3) is 5.56 Å². The van der Waals surface area contributed by atoms with Crippen molar-refractivity contribution in [3.63, 3.8) is 0 Å². The molecule has 230 valence electrons. The largest absolute Gasteiger partial charge is 0.473 e. The molecule has 2 unspecified atom stereocenters. The number of anilines is 2. The van der Waals surface area contributed by atoms with Crippen molar-refractivity contribution >= 4 is 11.5 Å². The Morgan fingerprint density at radius 1 is 1.05 bits per heavy atom. The summed E-state index contributed by atoms with van der Waals surface area (Å²) >= 11 is 0. The van der Waals surface area contributed by atoms with Gasteiger partial charge >= 0.3 is 5.69 Å². The zero-order valence-electron chi connectivity index (χ0n) is 25.4. The molecule has 11 heteroatoms. The predicted molar refractivity (Wildman–Crippen MR) is 164 cm³/mol. The average Bonchev–Trinajstić information content (AvgIpc) is 3.27. The van der Waals surface area contributed by atoms with E-state index in [0.29, 0.717) is 50.1 Å². The third-order valence-corrected chi connectivity index (χ3v) is 8.69. The first kappa shape index (κ1) is 29.4. The molecule has 0 radical (unpaired) electrons. The normalized spacial score (nSPS) is 20.3. The number of hydrogen-bond donors (Lipinski definition) is 0. The van der Waals surface area contributed by atoms with E-state index in [1.807, 2.05) is 56.1 Å². The van der Waals surface area contributed by atoms with Gasteiger partial charge < -0.3 is 24.0 Å². The van der Waals surface area contributed by atoms with E-state index in [9.17, 15) is 9.59 Å². The van der Waals surface area contributed by atoms with Crippen molar-refractivity contribution in [1.29, 1.82) is 0 Å². The standard InChI is InChI=1S/C32H42N6O5/c1-4-36-30-28(31(39)37(32(36)40)17-11-19-42-26-16-8-9-18-41-26)38(21-23-12-6-5-7-13-23)29(35(30)3)27-22(2)34-25(20-33-27)43-24-14-10-15-24/h5-7,12-13,20,24,26,29H,4,8-11,14-19,21H2,1-3H3. The van der Waals surface area contributed by atoms with Gasteiger partial charge in [0.1, 0.15) is 29.5 Å². The van der Waals surface area contributed by atoms with Crippen molar-refractivity contribution in [1.82, 2.24) is 19.1 Å². The second-order valence-corrected chi connectivity index (χ2v) is 11.6. The molecule has 4 heterocycles. The maximum atomic E-state index is 14.2. The second kappa shape index (κ2) is 12.9. The number of benzene rings is 1. The van der Waals surface area contributed by atoms with Crippen LogP contribution in [0.5, 0.6) is 5.88 Å². The monoisotopic (exact) mass is 590 g/mol. The highest BCUT2D eigenvalue weighted by atomic mass is 16.7. The van der Waals surface area contributed by atoms with Gasteiger partial charge in [0.15, 0.2) is 6.29 Å². The smallest absolute Gasteiger partial charge is 0.332 e. The predicted octanol–water partition coefficient (Wildman–Crippen LogP) is 4.15. The molecule has 0 N–H and O–H groups in total. The summed E-state index contributed by atoms with van der Waals surface area (Å²) in [6, 6.07) is 10.0. The van der Waals surface area contributed by atoms with Gasteiger partial charge in [-0.25, -0.2) is 14.8 Å². The van der Waals surface area contributed by atoms with E-state index in [2.05, 4.69) is 4.90 Å². The third-order valence-electron chi connectivity index (χ3n) is 8.69. The Hall–Kier alpha value is -3.70. The number of ether oxygens (including phenoxy) is 3. The van der Waals surface area contributed by atoms with E-state index in [4.69, 9.17) is 24.2 Å². The fourth-order valence-electron chi connectivity index (χ4n) is 6.21. The molecular weight excluding hydrogens is 548 g/mol. The van der Waals surface area contributed by atoms with Gasteiger partial charge in [-0.3, -0.25) is 13.9 Å². The van der Waals surface area contributed by atoms with E-state index in [0.717, 1.165) is 49.1 Å². The van der Waals surface area contributed by atoms with E-state index >= 15 is 0 Å². The minimum Gasteiger partial charge on any atom is -0.473 e. The van der Waals surface area contributed by atoms with Crippen LogP contribution in [0.1, 0.15) is 75.0 Å². The van der Waals surface area contributed by atoms with Gasteiger partial charge in [-0.15, -0.1) is 0 Å². The fraction of sp³-hybridized carbons (Fsp3) is 0.562. The Morgan fingerprint density at radius 2 is 1.86 bits per heavy atom. The van der Waals surface area contributed by atoms with Gasteiger partial charge in [-0.05, 0) is 64.4 Å². The number of hydrogen-bond acceptors (Lipinski definition) is 9. The molecule has 1 aliphatic carbocycles. The van der Waals surface area contributed by atoms with E-state index < -0.39 is 6.17 Å². The Kier molecular flexibility index (Phi) is 8.80. The molecule has 0 spiro atoms. The summed E-state index contributed by atoms with van der Waals surface area (Å²) in [6.45, 7) is 6.13. The van der Waals surface area contributed by atoms with Gasteiger partial charge in [0, 0.05) is 33.3 Å². The quantitative estimate of drug-likeness (QED) is 0.305. The first-order valence-corrected chi connectivity index (χ1v) is 15.6. The summed E-state index contributed by atoms with van der Waals surface area (Å²) in [5, 5.41) is 0.